The van der Waals surface area contributed by atoms with Crippen molar-refractivity contribution < 1.29 is 4.74 Å². The Morgan fingerprint density at radius 2 is 2.16 bits per heavy atom. The van der Waals surface area contributed by atoms with Crippen molar-refractivity contribution in [1.82, 2.24) is 0 Å². The maximum absolute atomic E-state index is 6.27. The molecule has 0 saturated heterocycles. The van der Waals surface area contributed by atoms with Gasteiger partial charge in [-0.2, -0.15) is 0 Å². The summed E-state index contributed by atoms with van der Waals surface area (Å²) in [5.74, 6) is 0.845. The third-order valence-electron chi connectivity index (χ3n) is 3.35. The Morgan fingerprint density at radius 1 is 1.32 bits per heavy atom. The van der Waals surface area contributed by atoms with Gasteiger partial charge in [-0.25, -0.2) is 0 Å². The second-order valence-corrected chi connectivity index (χ2v) is 4.63. The van der Waals surface area contributed by atoms with Crippen LogP contribution in [0.3, 0.4) is 0 Å². The normalized spacial score (nSPS) is 20.3. The first-order valence-corrected chi connectivity index (χ1v) is 6.38. The molecule has 0 bridgehead atoms. The van der Waals surface area contributed by atoms with Gasteiger partial charge in [0.1, 0.15) is 5.76 Å². The van der Waals surface area contributed by atoms with Crippen LogP contribution in [0.25, 0.3) is 5.70 Å². The molecule has 19 heavy (non-hydrogen) atoms. The van der Waals surface area contributed by atoms with Crippen LogP contribution in [-0.4, -0.2) is 12.6 Å². The lowest BCUT2D eigenvalue weighted by atomic mass is 9.91. The first kappa shape index (κ1) is 11.7. The lowest BCUT2D eigenvalue weighted by Crippen LogP contribution is -2.28. The summed E-state index contributed by atoms with van der Waals surface area (Å²) in [5, 5.41) is 3.43. The monoisotopic (exact) mass is 255 g/mol. The summed E-state index contributed by atoms with van der Waals surface area (Å²) in [4.78, 5) is 0. The van der Waals surface area contributed by atoms with Gasteiger partial charge in [0.2, 0.25) is 0 Å². The molecule has 4 nitrogen and oxygen atoms in total. The molecule has 0 spiro atoms. The van der Waals surface area contributed by atoms with Crippen LogP contribution in [0.15, 0.2) is 47.8 Å². The first-order valence-electron chi connectivity index (χ1n) is 6.38. The van der Waals surface area contributed by atoms with Gasteiger partial charge in [-0.1, -0.05) is 6.08 Å². The van der Waals surface area contributed by atoms with E-state index in [1.165, 1.54) is 0 Å². The lowest BCUT2D eigenvalue weighted by molar-refractivity contribution is 0.241. The van der Waals surface area contributed by atoms with E-state index in [0.717, 1.165) is 34.0 Å². The summed E-state index contributed by atoms with van der Waals surface area (Å²) >= 11 is 0. The number of anilines is 2. The van der Waals surface area contributed by atoms with Crippen molar-refractivity contribution in [2.75, 3.05) is 17.7 Å². The van der Waals surface area contributed by atoms with Crippen molar-refractivity contribution >= 4 is 17.1 Å². The quantitative estimate of drug-likeness (QED) is 0.708. The topological polar surface area (TPSA) is 73.3 Å². The van der Waals surface area contributed by atoms with Gasteiger partial charge in [0.15, 0.2) is 0 Å². The van der Waals surface area contributed by atoms with E-state index in [-0.39, 0.29) is 6.04 Å². The van der Waals surface area contributed by atoms with Crippen LogP contribution in [-0.2, 0) is 4.74 Å². The predicted octanol–water partition coefficient (Wildman–Crippen LogP) is 2.22. The molecule has 1 aromatic rings. The van der Waals surface area contributed by atoms with Gasteiger partial charge in [0.05, 0.1) is 12.6 Å². The summed E-state index contributed by atoms with van der Waals surface area (Å²) in [6.07, 6.45) is 6.02. The highest BCUT2D eigenvalue weighted by atomic mass is 16.5. The van der Waals surface area contributed by atoms with Gasteiger partial charge in [-0.3, -0.25) is 0 Å². The number of ether oxygens (including phenoxy) is 1. The third-order valence-corrected chi connectivity index (χ3v) is 3.35. The Labute approximate surface area is 112 Å². The molecule has 2 aliphatic rings. The lowest BCUT2D eigenvalue weighted by Gasteiger charge is -2.30. The molecule has 0 aromatic heterocycles. The van der Waals surface area contributed by atoms with E-state index >= 15 is 0 Å². The molecule has 0 saturated carbocycles. The summed E-state index contributed by atoms with van der Waals surface area (Å²) in [6, 6.07) is 5.80. The zero-order chi connectivity index (χ0) is 13.4. The molecule has 0 amide bonds. The van der Waals surface area contributed by atoms with Crippen molar-refractivity contribution in [3.63, 3.8) is 0 Å². The number of nitrogen functional groups attached to an aromatic ring is 1. The fourth-order valence-corrected chi connectivity index (χ4v) is 2.45. The molecule has 1 aromatic carbocycles. The van der Waals surface area contributed by atoms with Crippen molar-refractivity contribution in [3.8, 4) is 0 Å². The van der Waals surface area contributed by atoms with Gasteiger partial charge in [-0.05, 0) is 37.3 Å². The zero-order valence-electron chi connectivity index (χ0n) is 10.8. The maximum atomic E-state index is 6.27. The van der Waals surface area contributed by atoms with E-state index in [4.69, 9.17) is 16.2 Å². The minimum absolute atomic E-state index is 0.0820. The molecule has 0 fully saturated rings. The van der Waals surface area contributed by atoms with Crippen LogP contribution in [0.5, 0.6) is 0 Å². The molecule has 1 atom stereocenters. The molecule has 1 aliphatic carbocycles. The van der Waals surface area contributed by atoms with Crippen LogP contribution in [0, 0.1) is 0 Å². The van der Waals surface area contributed by atoms with E-state index in [9.17, 15) is 0 Å². The Bertz CT molecular complexity index is 614. The highest BCUT2D eigenvalue weighted by molar-refractivity contribution is 5.85. The van der Waals surface area contributed by atoms with Crippen LogP contribution in [0.1, 0.15) is 12.5 Å². The van der Waals surface area contributed by atoms with Gasteiger partial charge >= 0.3 is 0 Å². The Hall–Kier alpha value is -2.36. The minimum Gasteiger partial charge on any atom is -0.494 e. The summed E-state index contributed by atoms with van der Waals surface area (Å²) in [5.41, 5.74) is 16.6. The zero-order valence-corrected chi connectivity index (χ0v) is 10.8. The maximum Gasteiger partial charge on any atom is 0.119 e. The number of hydrogen-bond acceptors (Lipinski definition) is 4. The first-order chi connectivity index (χ1) is 9.19. The van der Waals surface area contributed by atoms with Crippen LogP contribution in [0.4, 0.5) is 11.4 Å². The molecule has 3 rings (SSSR count). The van der Waals surface area contributed by atoms with Gasteiger partial charge < -0.3 is 21.5 Å². The molecule has 0 radical (unpaired) electrons. The molecule has 98 valence electrons. The molecule has 1 unspecified atom stereocenters. The number of nitrogens with two attached hydrogens (primary N) is 2. The fraction of sp³-hybridized carbons (Fsp3) is 0.200. The van der Waals surface area contributed by atoms with E-state index < -0.39 is 0 Å². The van der Waals surface area contributed by atoms with Crippen LogP contribution < -0.4 is 16.8 Å². The number of benzene rings is 1. The highest BCUT2D eigenvalue weighted by Gasteiger charge is 2.25. The third kappa shape index (κ3) is 1.95. The van der Waals surface area contributed by atoms with E-state index in [2.05, 4.69) is 11.4 Å². The molecular formula is C15H17N3O. The summed E-state index contributed by atoms with van der Waals surface area (Å²) in [6.45, 7) is 2.62. The minimum atomic E-state index is 0.0820. The summed E-state index contributed by atoms with van der Waals surface area (Å²) in [7, 11) is 0. The number of rotatable bonds is 2. The molecule has 1 heterocycles. The number of fused-ring (bicyclic) bond motifs is 2. The molecule has 1 aliphatic heterocycles. The Balaban J connectivity index is 2.07. The number of allylic oxidation sites excluding steroid dienone is 1. The number of nitrogens with one attached hydrogen (secondary N) is 1. The smallest absolute Gasteiger partial charge is 0.119 e. The predicted molar refractivity (Wildman–Crippen MR) is 78.2 cm³/mol. The van der Waals surface area contributed by atoms with Gasteiger partial charge in [-0.15, -0.1) is 0 Å². The van der Waals surface area contributed by atoms with Crippen molar-refractivity contribution in [2.24, 2.45) is 5.73 Å². The molecule has 4 heteroatoms. The second kappa shape index (κ2) is 4.39. The van der Waals surface area contributed by atoms with Crippen LogP contribution in [0.2, 0.25) is 0 Å². The van der Waals surface area contributed by atoms with E-state index in [0.29, 0.717) is 6.61 Å². The van der Waals surface area contributed by atoms with Gasteiger partial charge in [0.25, 0.3) is 0 Å². The number of hydrogen-bond donors (Lipinski definition) is 3. The van der Waals surface area contributed by atoms with E-state index in [1.54, 1.807) is 0 Å². The van der Waals surface area contributed by atoms with E-state index in [1.807, 2.05) is 37.3 Å². The van der Waals surface area contributed by atoms with Gasteiger partial charge in [0, 0.05) is 28.2 Å². The summed E-state index contributed by atoms with van der Waals surface area (Å²) < 4.78 is 5.52. The molecule has 5 N–H and O–H groups in total. The standard InChI is InChI=1S/C15H17N3O/c1-2-19-10-4-6-13-12(8-10)15(17)11-5-3-9(16)7-14(11)18-13/h3-8,13,18H,2,16-17H2,1H3. The fourth-order valence-electron chi connectivity index (χ4n) is 2.45. The average molecular weight is 255 g/mol. The molecular weight excluding hydrogens is 238 g/mol. The van der Waals surface area contributed by atoms with Crippen molar-refractivity contribution in [2.45, 2.75) is 13.0 Å². The second-order valence-electron chi connectivity index (χ2n) is 4.63. The highest BCUT2D eigenvalue weighted by Crippen LogP contribution is 2.35. The Kier molecular flexibility index (Phi) is 2.71. The largest absolute Gasteiger partial charge is 0.494 e. The average Bonchev–Trinajstić information content (AvgIpc) is 2.40. The van der Waals surface area contributed by atoms with Crippen molar-refractivity contribution in [1.29, 1.82) is 0 Å². The van der Waals surface area contributed by atoms with Crippen LogP contribution >= 0.6 is 0 Å². The Morgan fingerprint density at radius 3 is 2.95 bits per heavy atom. The van der Waals surface area contributed by atoms with Crippen molar-refractivity contribution in [3.05, 3.63) is 53.3 Å². The SMILES string of the molecule is CCOC1=CC2=C(N)c3ccc(N)cc3NC2C=C1.